The summed E-state index contributed by atoms with van der Waals surface area (Å²) in [6.07, 6.45) is 6.04. The second kappa shape index (κ2) is 14.3. The Morgan fingerprint density at radius 1 is 0.750 bits per heavy atom. The van der Waals surface area contributed by atoms with E-state index in [1.807, 2.05) is 66.7 Å². The zero-order valence-corrected chi connectivity index (χ0v) is 22.4. The minimum Gasteiger partial charge on any atom is -0.477 e. The van der Waals surface area contributed by atoms with E-state index >= 15 is 0 Å². The summed E-state index contributed by atoms with van der Waals surface area (Å²) >= 11 is 3.70. The first-order valence-corrected chi connectivity index (χ1v) is 14.7. The van der Waals surface area contributed by atoms with Gasteiger partial charge in [-0.15, -0.1) is 0 Å². The van der Waals surface area contributed by atoms with Gasteiger partial charge in [0.05, 0.1) is 4.58 Å². The smallest absolute Gasteiger partial charge is 0.220 e. The van der Waals surface area contributed by atoms with Crippen molar-refractivity contribution in [2.45, 2.75) is 54.1 Å². The average molecular weight is 536 g/mol. The topological polar surface area (TPSA) is 55.7 Å². The van der Waals surface area contributed by atoms with Crippen LogP contribution < -0.4 is 0 Å². The summed E-state index contributed by atoms with van der Waals surface area (Å²) in [7, 11) is 0. The standard InChI is InChI=1S/C29H29NO3S3/c31-28(22-13-5-1-6-14-22)34-27(35-29(32)23-15-7-2-8-16-23)21-26(33-24-17-9-3-10-18-24)30-36-25-19-11-4-12-20-25/h1-2,4-8,11-16,19-20,24,27H,3,9-10,17-18,21H2. The first kappa shape index (κ1) is 26.6. The molecule has 4 rings (SSSR count). The molecular formula is C29H29NO3S3. The number of hydrogen-bond acceptors (Lipinski definition) is 7. The summed E-state index contributed by atoms with van der Waals surface area (Å²) in [6.45, 7) is 0. The summed E-state index contributed by atoms with van der Waals surface area (Å²) in [5.41, 5.74) is 1.23. The SMILES string of the molecule is O=C(SC(CC(=NSc1ccccc1)OC1CCCCC1)SC(=O)c1ccccc1)c1ccccc1. The van der Waals surface area contributed by atoms with E-state index in [1.165, 1.54) is 41.9 Å². The van der Waals surface area contributed by atoms with Crippen LogP contribution in [-0.2, 0) is 4.74 Å². The van der Waals surface area contributed by atoms with Crippen molar-refractivity contribution in [2.24, 2.45) is 4.40 Å². The lowest BCUT2D eigenvalue weighted by atomic mass is 9.98. The van der Waals surface area contributed by atoms with Gasteiger partial charge >= 0.3 is 0 Å². The van der Waals surface area contributed by atoms with Crippen LogP contribution >= 0.6 is 35.5 Å². The molecule has 3 aromatic carbocycles. The van der Waals surface area contributed by atoms with Crippen molar-refractivity contribution in [3.05, 3.63) is 102 Å². The first-order chi connectivity index (χ1) is 17.7. The summed E-state index contributed by atoms with van der Waals surface area (Å²) < 4.78 is 10.8. The molecule has 1 aliphatic carbocycles. The predicted molar refractivity (Wildman–Crippen MR) is 153 cm³/mol. The third kappa shape index (κ3) is 8.57. The van der Waals surface area contributed by atoms with E-state index in [1.54, 1.807) is 24.3 Å². The van der Waals surface area contributed by atoms with Crippen molar-refractivity contribution in [1.82, 2.24) is 0 Å². The van der Waals surface area contributed by atoms with Gasteiger partial charge in [-0.3, -0.25) is 9.59 Å². The van der Waals surface area contributed by atoms with E-state index in [0.29, 0.717) is 23.4 Å². The highest BCUT2D eigenvalue weighted by molar-refractivity contribution is 8.30. The number of benzene rings is 3. The van der Waals surface area contributed by atoms with Crippen LogP contribution in [0.4, 0.5) is 0 Å². The number of carbonyl (C=O) groups is 2. The Morgan fingerprint density at radius 2 is 1.25 bits per heavy atom. The molecule has 1 aliphatic rings. The second-order valence-corrected chi connectivity index (χ2v) is 11.9. The van der Waals surface area contributed by atoms with Gasteiger partial charge in [0.25, 0.3) is 0 Å². The van der Waals surface area contributed by atoms with Gasteiger partial charge in [-0.05, 0) is 37.8 Å². The molecule has 0 radical (unpaired) electrons. The van der Waals surface area contributed by atoms with Gasteiger partial charge in [-0.2, -0.15) is 4.40 Å². The molecule has 36 heavy (non-hydrogen) atoms. The zero-order chi connectivity index (χ0) is 25.0. The predicted octanol–water partition coefficient (Wildman–Crippen LogP) is 8.30. The molecule has 0 aromatic heterocycles. The van der Waals surface area contributed by atoms with E-state index in [4.69, 9.17) is 9.13 Å². The molecule has 0 aliphatic heterocycles. The van der Waals surface area contributed by atoms with E-state index in [9.17, 15) is 9.59 Å². The molecule has 0 unspecified atom stereocenters. The van der Waals surface area contributed by atoms with Crippen molar-refractivity contribution in [2.75, 3.05) is 0 Å². The lowest BCUT2D eigenvalue weighted by Crippen LogP contribution is -2.23. The quantitative estimate of drug-likeness (QED) is 0.119. The van der Waals surface area contributed by atoms with Crippen LogP contribution in [0.1, 0.15) is 59.2 Å². The molecule has 0 heterocycles. The summed E-state index contributed by atoms with van der Waals surface area (Å²) in [4.78, 5) is 27.2. The number of nitrogens with zero attached hydrogens (tertiary/aromatic N) is 1. The van der Waals surface area contributed by atoms with Gasteiger partial charge in [-0.1, -0.05) is 109 Å². The third-order valence-corrected chi connectivity index (χ3v) is 8.80. The molecule has 0 bridgehead atoms. The minimum absolute atomic E-state index is 0.0679. The zero-order valence-electron chi connectivity index (χ0n) is 20.0. The van der Waals surface area contributed by atoms with E-state index in [-0.39, 0.29) is 20.9 Å². The maximum atomic E-state index is 13.1. The molecule has 0 spiro atoms. The Morgan fingerprint density at radius 3 is 1.78 bits per heavy atom. The average Bonchev–Trinajstić information content (AvgIpc) is 2.93. The fourth-order valence-electron chi connectivity index (χ4n) is 3.84. The maximum Gasteiger partial charge on any atom is 0.220 e. The molecule has 186 valence electrons. The molecule has 0 N–H and O–H groups in total. The summed E-state index contributed by atoms with van der Waals surface area (Å²) in [6, 6.07) is 28.3. The van der Waals surface area contributed by atoms with Crippen molar-refractivity contribution < 1.29 is 14.3 Å². The first-order valence-electron chi connectivity index (χ1n) is 12.1. The Bertz CT molecular complexity index is 1080. The molecular weight excluding hydrogens is 507 g/mol. The van der Waals surface area contributed by atoms with E-state index in [2.05, 4.69) is 0 Å². The second-order valence-electron chi connectivity index (χ2n) is 8.44. The third-order valence-electron chi connectivity index (χ3n) is 5.69. The Kier molecular flexibility index (Phi) is 10.6. The Balaban J connectivity index is 1.54. The van der Waals surface area contributed by atoms with Gasteiger partial charge in [0.1, 0.15) is 6.10 Å². The van der Waals surface area contributed by atoms with Crippen LogP contribution in [0.25, 0.3) is 0 Å². The minimum atomic E-state index is -0.371. The van der Waals surface area contributed by atoms with Gasteiger partial charge in [0, 0.05) is 34.4 Å². The van der Waals surface area contributed by atoms with Gasteiger partial charge in [0.2, 0.25) is 10.2 Å². The largest absolute Gasteiger partial charge is 0.477 e. The number of carbonyl (C=O) groups excluding carboxylic acids is 2. The fraction of sp³-hybridized carbons (Fsp3) is 0.276. The Labute approximate surface area is 225 Å². The van der Waals surface area contributed by atoms with Crippen LogP contribution in [0.3, 0.4) is 0 Å². The van der Waals surface area contributed by atoms with Crippen molar-refractivity contribution >= 4 is 51.6 Å². The lowest BCUT2D eigenvalue weighted by molar-refractivity contribution is 0.108. The highest BCUT2D eigenvalue weighted by Gasteiger charge is 2.26. The monoisotopic (exact) mass is 535 g/mol. The van der Waals surface area contributed by atoms with Crippen LogP contribution in [0.15, 0.2) is 100 Å². The lowest BCUT2D eigenvalue weighted by Gasteiger charge is -2.25. The number of ether oxygens (including phenoxy) is 1. The highest BCUT2D eigenvalue weighted by atomic mass is 32.2. The fourth-order valence-corrected chi connectivity index (χ4v) is 6.63. The van der Waals surface area contributed by atoms with Gasteiger partial charge in [0.15, 0.2) is 5.90 Å². The summed E-state index contributed by atoms with van der Waals surface area (Å²) in [5.74, 6) is 0.586. The Hall–Kier alpha value is -2.48. The molecule has 7 heteroatoms. The molecule has 0 atom stereocenters. The molecule has 0 amide bonds. The van der Waals surface area contributed by atoms with Crippen LogP contribution in [0.5, 0.6) is 0 Å². The van der Waals surface area contributed by atoms with Gasteiger partial charge in [-0.25, -0.2) is 0 Å². The number of hydrogen-bond donors (Lipinski definition) is 0. The van der Waals surface area contributed by atoms with Crippen molar-refractivity contribution in [3.8, 4) is 0 Å². The molecule has 0 saturated heterocycles. The van der Waals surface area contributed by atoms with E-state index < -0.39 is 0 Å². The summed E-state index contributed by atoms with van der Waals surface area (Å²) in [5, 5.41) is -0.136. The van der Waals surface area contributed by atoms with Crippen LogP contribution in [0, 0.1) is 0 Å². The molecule has 4 nitrogen and oxygen atoms in total. The molecule has 1 fully saturated rings. The number of rotatable bonds is 9. The molecule has 1 saturated carbocycles. The van der Waals surface area contributed by atoms with Crippen LogP contribution in [-0.4, -0.2) is 26.8 Å². The van der Waals surface area contributed by atoms with Crippen LogP contribution in [0.2, 0.25) is 0 Å². The maximum absolute atomic E-state index is 13.1. The number of thioether (sulfide) groups is 2. The van der Waals surface area contributed by atoms with Gasteiger partial charge < -0.3 is 4.74 Å². The highest BCUT2D eigenvalue weighted by Crippen LogP contribution is 2.34. The normalized spacial score (nSPS) is 14.5. The molecule has 3 aromatic rings. The van der Waals surface area contributed by atoms with E-state index in [0.717, 1.165) is 30.6 Å². The van der Waals surface area contributed by atoms with Crippen molar-refractivity contribution in [1.29, 1.82) is 0 Å². The van der Waals surface area contributed by atoms with Crippen molar-refractivity contribution in [3.63, 3.8) is 0 Å².